The molecule has 12 heteroatoms. The first-order chi connectivity index (χ1) is 14.2. The van der Waals surface area contributed by atoms with Crippen LogP contribution >= 0.6 is 57.5 Å². The maximum Gasteiger partial charge on any atom is 0.353 e. The molecule has 1 saturated heterocycles. The molecule has 1 aromatic carbocycles. The van der Waals surface area contributed by atoms with Crippen LogP contribution < -0.4 is 11.5 Å². The highest BCUT2D eigenvalue weighted by molar-refractivity contribution is 14.1. The Labute approximate surface area is 197 Å². The molecule has 4 rings (SSSR count). The van der Waals surface area contributed by atoms with Gasteiger partial charge in [-0.15, -0.1) is 23.1 Å². The Morgan fingerprint density at radius 2 is 2.13 bits per heavy atom. The Morgan fingerprint density at radius 1 is 1.40 bits per heavy atom. The highest BCUT2D eigenvalue weighted by atomic mass is 127. The van der Waals surface area contributed by atoms with Crippen LogP contribution in [0.15, 0.2) is 45.1 Å². The summed E-state index contributed by atoms with van der Waals surface area (Å²) in [5, 5.41) is 11.0. The Bertz CT molecular complexity index is 1100. The van der Waals surface area contributed by atoms with E-state index in [1.807, 2.05) is 24.3 Å². The van der Waals surface area contributed by atoms with Gasteiger partial charge < -0.3 is 16.6 Å². The van der Waals surface area contributed by atoms with Crippen LogP contribution in [0.4, 0.5) is 5.13 Å². The molecule has 1 amide bonds. The minimum Gasteiger partial charge on any atom is -0.477 e. The van der Waals surface area contributed by atoms with E-state index in [4.69, 9.17) is 11.5 Å². The van der Waals surface area contributed by atoms with Crippen molar-refractivity contribution >= 4 is 80.2 Å². The van der Waals surface area contributed by atoms with Crippen LogP contribution in [0.5, 0.6) is 0 Å². The zero-order chi connectivity index (χ0) is 21.6. The fourth-order valence-electron chi connectivity index (χ4n) is 3.26. The van der Waals surface area contributed by atoms with Crippen LogP contribution in [0, 0.1) is 3.57 Å². The molecule has 3 heterocycles. The number of aliphatic carboxylic acids is 1. The number of carbonyl (C=O) groups excluding carboxylic acids is 2. The monoisotopic (exact) mass is 574 g/mol. The average Bonchev–Trinajstić information content (AvgIpc) is 3.12. The average molecular weight is 574 g/mol. The molecule has 1 aromatic heterocycles. The van der Waals surface area contributed by atoms with Gasteiger partial charge in [0.15, 0.2) is 16.5 Å². The van der Waals surface area contributed by atoms with E-state index in [1.165, 1.54) is 34.9 Å². The number of anilines is 1. The van der Waals surface area contributed by atoms with Crippen LogP contribution in [0.2, 0.25) is 0 Å². The van der Waals surface area contributed by atoms with Crippen molar-refractivity contribution in [2.24, 2.45) is 5.73 Å². The van der Waals surface area contributed by atoms with Crippen LogP contribution in [-0.4, -0.2) is 49.3 Å². The summed E-state index contributed by atoms with van der Waals surface area (Å²) in [5.74, 6) is -2.08. The predicted octanol–water partition coefficient (Wildman–Crippen LogP) is 2.14. The SMILES string of the molecule is Nc1nc(CC(=O)C2(N)C(=O)N3C(C(=O)O)=C(Sc4ccccc4I)CS[C@H]32)cs1. The zero-order valence-electron chi connectivity index (χ0n) is 15.2. The Kier molecular flexibility index (Phi) is 5.87. The predicted molar refractivity (Wildman–Crippen MR) is 125 cm³/mol. The largest absolute Gasteiger partial charge is 0.477 e. The second-order valence-electron chi connectivity index (χ2n) is 6.59. The second kappa shape index (κ2) is 8.15. The number of thioether (sulfide) groups is 2. The van der Waals surface area contributed by atoms with E-state index >= 15 is 0 Å². The van der Waals surface area contributed by atoms with Gasteiger partial charge in [0.2, 0.25) is 0 Å². The lowest BCUT2D eigenvalue weighted by molar-refractivity contribution is -0.159. The first-order valence-electron chi connectivity index (χ1n) is 8.59. The van der Waals surface area contributed by atoms with Crippen molar-refractivity contribution in [3.8, 4) is 0 Å². The van der Waals surface area contributed by atoms with E-state index in [-0.39, 0.29) is 12.1 Å². The Balaban J connectivity index is 1.62. The van der Waals surface area contributed by atoms with E-state index in [0.29, 0.717) is 21.5 Å². The van der Waals surface area contributed by atoms with Gasteiger partial charge in [-0.25, -0.2) is 9.78 Å². The maximum atomic E-state index is 13.0. The number of halogens is 1. The van der Waals surface area contributed by atoms with Gasteiger partial charge in [0.25, 0.3) is 5.91 Å². The van der Waals surface area contributed by atoms with Crippen LogP contribution in [0.1, 0.15) is 5.69 Å². The van der Waals surface area contributed by atoms with Crippen LogP contribution in [0.25, 0.3) is 0 Å². The number of nitrogens with zero attached hydrogens (tertiary/aromatic N) is 2. The minimum absolute atomic E-state index is 0.111. The van der Waals surface area contributed by atoms with E-state index in [0.717, 1.165) is 13.4 Å². The van der Waals surface area contributed by atoms with Crippen molar-refractivity contribution < 1.29 is 19.5 Å². The molecular weight excluding hydrogens is 559 g/mol. The van der Waals surface area contributed by atoms with Gasteiger partial charge >= 0.3 is 5.97 Å². The number of β-lactam (4-membered cyclic amide) rings is 1. The number of hydrogen-bond acceptors (Lipinski definition) is 9. The minimum atomic E-state index is -1.78. The van der Waals surface area contributed by atoms with Gasteiger partial charge in [-0.05, 0) is 34.7 Å². The maximum absolute atomic E-state index is 13.0. The molecule has 156 valence electrons. The Hall–Kier alpha value is -1.61. The lowest BCUT2D eigenvalue weighted by Gasteiger charge is -2.54. The van der Waals surface area contributed by atoms with Crippen molar-refractivity contribution in [2.45, 2.75) is 22.2 Å². The fourth-order valence-corrected chi connectivity index (χ4v) is 7.13. The van der Waals surface area contributed by atoms with Crippen molar-refractivity contribution in [3.63, 3.8) is 0 Å². The summed E-state index contributed by atoms with van der Waals surface area (Å²) >= 11 is 5.98. The summed E-state index contributed by atoms with van der Waals surface area (Å²) in [7, 11) is 0. The number of thiazole rings is 1. The van der Waals surface area contributed by atoms with Gasteiger partial charge in [0, 0.05) is 24.5 Å². The molecule has 8 nitrogen and oxygen atoms in total. The number of carboxylic acids is 1. The summed E-state index contributed by atoms with van der Waals surface area (Å²) in [6.45, 7) is 0. The normalized spacial score (nSPS) is 23.2. The quantitative estimate of drug-likeness (QED) is 0.269. The number of hydrogen-bond donors (Lipinski definition) is 3. The molecule has 2 aromatic rings. The zero-order valence-corrected chi connectivity index (χ0v) is 19.8. The second-order valence-corrected chi connectivity index (χ2v) is 10.9. The van der Waals surface area contributed by atoms with E-state index in [2.05, 4.69) is 27.6 Å². The lowest BCUT2D eigenvalue weighted by atomic mass is 9.82. The third kappa shape index (κ3) is 3.53. The van der Waals surface area contributed by atoms with Gasteiger partial charge in [-0.3, -0.25) is 14.5 Å². The van der Waals surface area contributed by atoms with Gasteiger partial charge in [0.05, 0.1) is 12.1 Å². The van der Waals surface area contributed by atoms with Crippen LogP contribution in [-0.2, 0) is 20.8 Å². The number of benzene rings is 1. The van der Waals surface area contributed by atoms with E-state index in [9.17, 15) is 19.5 Å². The number of fused-ring (bicyclic) bond motifs is 1. The summed E-state index contributed by atoms with van der Waals surface area (Å²) in [4.78, 5) is 44.5. The number of nitrogen functional groups attached to an aromatic ring is 1. The third-order valence-corrected chi connectivity index (χ3v) is 9.44. The number of ketones is 1. The third-order valence-electron chi connectivity index (χ3n) is 4.72. The molecule has 0 spiro atoms. The van der Waals surface area contributed by atoms with Crippen molar-refractivity contribution in [2.75, 3.05) is 11.5 Å². The first kappa shape index (κ1) is 21.6. The van der Waals surface area contributed by atoms with Crippen molar-refractivity contribution in [3.05, 3.63) is 49.5 Å². The fraction of sp³-hybridized carbons (Fsp3) is 0.222. The number of carboxylic acid groups (broad SMARTS) is 1. The van der Waals surface area contributed by atoms with Gasteiger partial charge in [-0.2, -0.15) is 0 Å². The van der Waals surface area contributed by atoms with Crippen molar-refractivity contribution in [1.82, 2.24) is 9.88 Å². The number of carbonyl (C=O) groups is 3. The van der Waals surface area contributed by atoms with Gasteiger partial charge in [0.1, 0.15) is 11.1 Å². The number of rotatable bonds is 6. The molecule has 0 aliphatic carbocycles. The molecular formula is C18H15IN4O4S3. The topological polar surface area (TPSA) is 140 Å². The number of Topliss-reactive ketones (excluding diaryl/α,β-unsaturated/α-hetero) is 1. The molecule has 2 aliphatic rings. The highest BCUT2D eigenvalue weighted by Crippen LogP contribution is 2.49. The highest BCUT2D eigenvalue weighted by Gasteiger charge is 2.66. The standard InChI is InChI=1S/C18H15IN4O4S3/c19-9-3-1-2-4-10(9)30-11-7-28-16-18(21,15(27)23(16)13(11)14(25)26)12(24)5-8-6-29-17(20)22-8/h1-4,6,16H,5,7,21H2,(H2,20,22)(H,25,26)/t16-,18?/m0/s1. The Morgan fingerprint density at radius 3 is 2.77 bits per heavy atom. The molecule has 2 atom stereocenters. The molecule has 1 fully saturated rings. The number of aromatic nitrogens is 1. The summed E-state index contributed by atoms with van der Waals surface area (Å²) in [5.41, 5.74) is 10.4. The van der Waals surface area contributed by atoms with Crippen LogP contribution in [0.3, 0.4) is 0 Å². The smallest absolute Gasteiger partial charge is 0.353 e. The molecule has 5 N–H and O–H groups in total. The molecule has 1 unspecified atom stereocenters. The summed E-state index contributed by atoms with van der Waals surface area (Å²) in [6, 6.07) is 7.58. The van der Waals surface area contributed by atoms with E-state index < -0.39 is 28.6 Å². The van der Waals surface area contributed by atoms with E-state index in [1.54, 1.807) is 5.38 Å². The molecule has 0 saturated carbocycles. The van der Waals surface area contributed by atoms with Crippen molar-refractivity contribution in [1.29, 1.82) is 0 Å². The molecule has 0 radical (unpaired) electrons. The molecule has 30 heavy (non-hydrogen) atoms. The lowest BCUT2D eigenvalue weighted by Crippen LogP contribution is -2.81. The summed E-state index contributed by atoms with van der Waals surface area (Å²) < 4.78 is 0.977. The molecule has 0 bridgehead atoms. The van der Waals surface area contributed by atoms with Gasteiger partial charge in [-0.1, -0.05) is 23.9 Å². The molecule has 2 aliphatic heterocycles. The first-order valence-corrected chi connectivity index (χ1v) is 12.4. The summed E-state index contributed by atoms with van der Waals surface area (Å²) in [6.07, 6.45) is -0.128. The number of nitrogens with two attached hydrogens (primary N) is 2. The number of amides is 1.